The Hall–Kier alpha value is -1.91. The molecule has 0 atom stereocenters. The van der Waals surface area contributed by atoms with Crippen molar-refractivity contribution in [3.05, 3.63) is 71.8 Å². The molecule has 0 aliphatic rings. The Labute approximate surface area is 144 Å². The quantitative estimate of drug-likeness (QED) is 0.575. The Balaban J connectivity index is 1.55. The third-order valence-electron chi connectivity index (χ3n) is 3.59. The first-order valence-corrected chi connectivity index (χ1v) is 8.43. The third kappa shape index (κ3) is 7.26. The Morgan fingerprint density at radius 3 is 2.17 bits per heavy atom. The maximum Gasteiger partial charge on any atom is 0.166 e. The van der Waals surface area contributed by atoms with E-state index in [1.807, 2.05) is 18.2 Å². The average molecular weight is 327 g/mol. The van der Waals surface area contributed by atoms with Crippen LogP contribution in [0.4, 0.5) is 0 Å². The fourth-order valence-corrected chi connectivity index (χ4v) is 2.54. The maximum absolute atomic E-state index is 5.30. The molecule has 0 amide bonds. The van der Waals surface area contributed by atoms with Crippen molar-refractivity contribution in [1.29, 1.82) is 0 Å². The summed E-state index contributed by atoms with van der Waals surface area (Å²) in [4.78, 5) is 2.33. The smallest absolute Gasteiger partial charge is 0.166 e. The van der Waals surface area contributed by atoms with E-state index >= 15 is 0 Å². The van der Waals surface area contributed by atoms with E-state index in [4.69, 9.17) is 12.2 Å². The fraction of sp³-hybridized carbons (Fsp3) is 0.316. The summed E-state index contributed by atoms with van der Waals surface area (Å²) in [5.41, 5.74) is 2.59. The molecule has 4 heteroatoms. The zero-order valence-corrected chi connectivity index (χ0v) is 14.5. The Morgan fingerprint density at radius 1 is 0.913 bits per heavy atom. The van der Waals surface area contributed by atoms with Gasteiger partial charge in [0.15, 0.2) is 5.11 Å². The predicted octanol–water partition coefficient (Wildman–Crippen LogP) is 3.17. The molecule has 0 saturated heterocycles. The highest BCUT2D eigenvalue weighted by Crippen LogP contribution is 2.02. The van der Waals surface area contributed by atoms with Gasteiger partial charge in [0.25, 0.3) is 0 Å². The predicted molar refractivity (Wildman–Crippen MR) is 101 cm³/mol. The van der Waals surface area contributed by atoms with Crippen molar-refractivity contribution in [2.45, 2.75) is 19.5 Å². The summed E-state index contributed by atoms with van der Waals surface area (Å²) in [5.74, 6) is 0. The monoisotopic (exact) mass is 327 g/mol. The molecule has 0 radical (unpaired) electrons. The number of thiocarbonyl (C=S) groups is 1. The van der Waals surface area contributed by atoms with Crippen molar-refractivity contribution in [3.8, 4) is 0 Å². The molecule has 122 valence electrons. The van der Waals surface area contributed by atoms with Crippen LogP contribution in [0.3, 0.4) is 0 Å². The van der Waals surface area contributed by atoms with Crippen LogP contribution in [0.5, 0.6) is 0 Å². The van der Waals surface area contributed by atoms with E-state index in [9.17, 15) is 0 Å². The van der Waals surface area contributed by atoms with Gasteiger partial charge in [-0.15, -0.1) is 0 Å². The Bertz CT molecular complexity index is 572. The molecule has 2 rings (SSSR count). The van der Waals surface area contributed by atoms with Gasteiger partial charge in [0, 0.05) is 19.6 Å². The van der Waals surface area contributed by atoms with E-state index in [1.54, 1.807) is 0 Å². The van der Waals surface area contributed by atoms with Gasteiger partial charge in [0.2, 0.25) is 0 Å². The molecule has 0 saturated carbocycles. The van der Waals surface area contributed by atoms with Crippen LogP contribution in [-0.4, -0.2) is 30.1 Å². The van der Waals surface area contributed by atoms with Crippen LogP contribution in [-0.2, 0) is 13.1 Å². The highest BCUT2D eigenvalue weighted by atomic mass is 32.1. The molecule has 0 heterocycles. The Morgan fingerprint density at radius 2 is 1.52 bits per heavy atom. The van der Waals surface area contributed by atoms with Gasteiger partial charge in [-0.1, -0.05) is 60.7 Å². The fourth-order valence-electron chi connectivity index (χ4n) is 2.37. The number of nitrogens with zero attached hydrogens (tertiary/aromatic N) is 1. The van der Waals surface area contributed by atoms with E-state index in [2.05, 4.69) is 65.0 Å². The lowest BCUT2D eigenvalue weighted by Crippen LogP contribution is -2.36. The molecule has 0 aliphatic carbocycles. The second kappa shape index (κ2) is 9.98. The second-order valence-corrected chi connectivity index (χ2v) is 6.08. The average Bonchev–Trinajstić information content (AvgIpc) is 2.59. The largest absolute Gasteiger partial charge is 0.363 e. The zero-order chi connectivity index (χ0) is 16.3. The summed E-state index contributed by atoms with van der Waals surface area (Å²) < 4.78 is 0. The van der Waals surface area contributed by atoms with Crippen LogP contribution in [0.25, 0.3) is 0 Å². The van der Waals surface area contributed by atoms with E-state index in [0.29, 0.717) is 0 Å². The minimum Gasteiger partial charge on any atom is -0.363 e. The zero-order valence-electron chi connectivity index (χ0n) is 13.7. The highest BCUT2D eigenvalue weighted by Gasteiger charge is 2.00. The maximum atomic E-state index is 5.30. The standard InChI is InChI=1S/C19H25N3S/c1-22(16-18-11-6-3-7-12-18)14-8-13-20-19(23)21-15-17-9-4-2-5-10-17/h2-7,9-12H,8,13-16H2,1H3,(H2,20,21,23). The molecule has 2 aromatic rings. The first-order chi connectivity index (χ1) is 11.2. The number of nitrogens with one attached hydrogen (secondary N) is 2. The van der Waals surface area contributed by atoms with Crippen molar-refractivity contribution in [1.82, 2.24) is 15.5 Å². The molecule has 2 N–H and O–H groups in total. The normalized spacial score (nSPS) is 10.5. The van der Waals surface area contributed by atoms with Gasteiger partial charge in [0.1, 0.15) is 0 Å². The summed E-state index contributed by atoms with van der Waals surface area (Å²) in [6.45, 7) is 3.68. The van der Waals surface area contributed by atoms with Gasteiger partial charge in [0.05, 0.1) is 0 Å². The minimum atomic E-state index is 0.722. The van der Waals surface area contributed by atoms with E-state index in [0.717, 1.165) is 37.7 Å². The molecule has 0 spiro atoms. The van der Waals surface area contributed by atoms with Crippen molar-refractivity contribution < 1.29 is 0 Å². The van der Waals surface area contributed by atoms with E-state index in [1.165, 1.54) is 11.1 Å². The van der Waals surface area contributed by atoms with Gasteiger partial charge in [-0.2, -0.15) is 0 Å². The summed E-state index contributed by atoms with van der Waals surface area (Å²) in [7, 11) is 2.15. The number of hydrogen-bond donors (Lipinski definition) is 2. The van der Waals surface area contributed by atoms with Crippen LogP contribution in [0.2, 0.25) is 0 Å². The van der Waals surface area contributed by atoms with Gasteiger partial charge in [-0.25, -0.2) is 0 Å². The molecule has 0 aromatic heterocycles. The van der Waals surface area contributed by atoms with Crippen LogP contribution >= 0.6 is 12.2 Å². The van der Waals surface area contributed by atoms with Crippen molar-refractivity contribution >= 4 is 17.3 Å². The van der Waals surface area contributed by atoms with E-state index in [-0.39, 0.29) is 0 Å². The van der Waals surface area contributed by atoms with Gasteiger partial charge in [-0.05, 0) is 43.4 Å². The molecule has 0 bridgehead atoms. The number of hydrogen-bond acceptors (Lipinski definition) is 2. The number of benzene rings is 2. The SMILES string of the molecule is CN(CCCNC(=S)NCc1ccccc1)Cc1ccccc1. The van der Waals surface area contributed by atoms with Crippen molar-refractivity contribution in [3.63, 3.8) is 0 Å². The van der Waals surface area contributed by atoms with Crippen LogP contribution in [0, 0.1) is 0 Å². The van der Waals surface area contributed by atoms with Crippen LogP contribution in [0.15, 0.2) is 60.7 Å². The third-order valence-corrected chi connectivity index (χ3v) is 3.88. The topological polar surface area (TPSA) is 27.3 Å². The molecule has 0 fully saturated rings. The molecule has 0 aliphatic heterocycles. The molecule has 2 aromatic carbocycles. The lowest BCUT2D eigenvalue weighted by molar-refractivity contribution is 0.322. The van der Waals surface area contributed by atoms with Crippen LogP contribution < -0.4 is 10.6 Å². The van der Waals surface area contributed by atoms with Crippen molar-refractivity contribution in [2.24, 2.45) is 0 Å². The molecular formula is C19H25N3S. The van der Waals surface area contributed by atoms with Gasteiger partial charge >= 0.3 is 0 Å². The highest BCUT2D eigenvalue weighted by molar-refractivity contribution is 7.80. The van der Waals surface area contributed by atoms with Crippen LogP contribution in [0.1, 0.15) is 17.5 Å². The second-order valence-electron chi connectivity index (χ2n) is 5.67. The van der Waals surface area contributed by atoms with Gasteiger partial charge in [-0.3, -0.25) is 0 Å². The first-order valence-electron chi connectivity index (χ1n) is 8.02. The first kappa shape index (κ1) is 17.4. The molecule has 0 unspecified atom stereocenters. The number of rotatable bonds is 8. The van der Waals surface area contributed by atoms with Crippen molar-refractivity contribution in [2.75, 3.05) is 20.1 Å². The van der Waals surface area contributed by atoms with E-state index < -0.39 is 0 Å². The summed E-state index contributed by atoms with van der Waals surface area (Å²) in [6.07, 6.45) is 1.07. The lowest BCUT2D eigenvalue weighted by atomic mass is 10.2. The lowest BCUT2D eigenvalue weighted by Gasteiger charge is -2.17. The molecular weight excluding hydrogens is 302 g/mol. The summed E-state index contributed by atoms with van der Waals surface area (Å²) in [5, 5.41) is 7.22. The summed E-state index contributed by atoms with van der Waals surface area (Å²) >= 11 is 5.30. The summed E-state index contributed by atoms with van der Waals surface area (Å²) in [6, 6.07) is 20.8. The molecule has 23 heavy (non-hydrogen) atoms. The molecule has 3 nitrogen and oxygen atoms in total. The minimum absolute atomic E-state index is 0.722. The Kier molecular flexibility index (Phi) is 7.57. The van der Waals surface area contributed by atoms with Gasteiger partial charge < -0.3 is 15.5 Å².